The zero-order chi connectivity index (χ0) is 16.4. The number of hydrogen-bond acceptors (Lipinski definition) is 3. The average Bonchev–Trinajstić information content (AvgIpc) is 3.09. The molecule has 0 saturated carbocycles. The lowest BCUT2D eigenvalue weighted by Crippen LogP contribution is -2.26. The average molecular weight is 333 g/mol. The van der Waals surface area contributed by atoms with E-state index in [1.807, 2.05) is 36.7 Å². The summed E-state index contributed by atoms with van der Waals surface area (Å²) < 4.78 is 29.4. The number of sulfonamides is 1. The lowest BCUT2D eigenvalue weighted by atomic mass is 10.1. The monoisotopic (exact) mass is 333 g/mol. The van der Waals surface area contributed by atoms with Crippen molar-refractivity contribution in [3.05, 3.63) is 46.8 Å². The number of benzene rings is 1. The van der Waals surface area contributed by atoms with Crippen LogP contribution < -0.4 is 4.72 Å². The van der Waals surface area contributed by atoms with Gasteiger partial charge in [-0.3, -0.25) is 4.68 Å². The number of hydrogen-bond donors (Lipinski definition) is 1. The first-order valence-electron chi connectivity index (χ1n) is 8.08. The van der Waals surface area contributed by atoms with Crippen LogP contribution in [0, 0.1) is 13.8 Å². The minimum absolute atomic E-state index is 0.379. The molecule has 0 atom stereocenters. The van der Waals surface area contributed by atoms with Crippen LogP contribution in [0.4, 0.5) is 0 Å². The van der Waals surface area contributed by atoms with Crippen LogP contribution in [0.1, 0.15) is 35.4 Å². The molecule has 0 spiro atoms. The SMILES string of the molecule is Cc1cc(C)n(CCCNS(=O)(=O)c2ccc3c(c2)CCC3)n1. The van der Waals surface area contributed by atoms with Crippen molar-refractivity contribution in [2.45, 2.75) is 51.0 Å². The van der Waals surface area contributed by atoms with Crippen molar-refractivity contribution in [2.24, 2.45) is 0 Å². The van der Waals surface area contributed by atoms with E-state index in [0.717, 1.165) is 30.7 Å². The Hall–Kier alpha value is -1.66. The maximum atomic E-state index is 12.4. The first-order chi connectivity index (χ1) is 11.0. The van der Waals surface area contributed by atoms with Crippen LogP contribution in [0.15, 0.2) is 29.2 Å². The molecule has 23 heavy (non-hydrogen) atoms. The van der Waals surface area contributed by atoms with E-state index in [-0.39, 0.29) is 0 Å². The summed E-state index contributed by atoms with van der Waals surface area (Å²) in [6.45, 7) is 5.10. The van der Waals surface area contributed by atoms with E-state index in [9.17, 15) is 8.42 Å². The van der Waals surface area contributed by atoms with Crippen molar-refractivity contribution in [1.82, 2.24) is 14.5 Å². The van der Waals surface area contributed by atoms with Crippen LogP contribution in [-0.4, -0.2) is 24.7 Å². The molecule has 0 bridgehead atoms. The molecule has 1 aliphatic carbocycles. The highest BCUT2D eigenvalue weighted by Crippen LogP contribution is 2.24. The Morgan fingerprint density at radius 1 is 1.17 bits per heavy atom. The number of nitrogens with one attached hydrogen (secondary N) is 1. The van der Waals surface area contributed by atoms with Gasteiger partial charge in [-0.25, -0.2) is 13.1 Å². The molecule has 6 heteroatoms. The molecule has 124 valence electrons. The number of fused-ring (bicyclic) bond motifs is 1. The summed E-state index contributed by atoms with van der Waals surface area (Å²) in [5, 5.41) is 4.38. The van der Waals surface area contributed by atoms with E-state index in [4.69, 9.17) is 0 Å². The summed E-state index contributed by atoms with van der Waals surface area (Å²) in [5.41, 5.74) is 4.55. The maximum Gasteiger partial charge on any atom is 0.240 e. The van der Waals surface area contributed by atoms with E-state index in [2.05, 4.69) is 9.82 Å². The van der Waals surface area contributed by atoms with Gasteiger partial charge in [-0.05, 0) is 68.9 Å². The second kappa shape index (κ2) is 6.45. The minimum Gasteiger partial charge on any atom is -0.270 e. The lowest BCUT2D eigenvalue weighted by molar-refractivity contribution is 0.544. The molecule has 1 aromatic carbocycles. The molecule has 0 radical (unpaired) electrons. The highest BCUT2D eigenvalue weighted by atomic mass is 32.2. The van der Waals surface area contributed by atoms with Crippen molar-refractivity contribution < 1.29 is 8.42 Å². The molecule has 1 heterocycles. The Kier molecular flexibility index (Phi) is 4.55. The summed E-state index contributed by atoms with van der Waals surface area (Å²) in [6, 6.07) is 7.51. The van der Waals surface area contributed by atoms with Gasteiger partial charge in [-0.2, -0.15) is 5.10 Å². The molecule has 3 rings (SSSR count). The molecule has 0 unspecified atom stereocenters. The molecule has 0 fully saturated rings. The van der Waals surface area contributed by atoms with Gasteiger partial charge in [0.15, 0.2) is 0 Å². The van der Waals surface area contributed by atoms with Crippen LogP contribution in [0.25, 0.3) is 0 Å². The lowest BCUT2D eigenvalue weighted by Gasteiger charge is -2.09. The van der Waals surface area contributed by atoms with E-state index in [1.54, 1.807) is 6.07 Å². The smallest absolute Gasteiger partial charge is 0.240 e. The van der Waals surface area contributed by atoms with Gasteiger partial charge in [0.1, 0.15) is 0 Å². The molecule has 0 amide bonds. The molecule has 2 aromatic rings. The molecule has 1 aromatic heterocycles. The van der Waals surface area contributed by atoms with E-state index in [1.165, 1.54) is 11.1 Å². The molecule has 0 aliphatic heterocycles. The summed E-state index contributed by atoms with van der Waals surface area (Å²) in [6.07, 6.45) is 3.88. The largest absolute Gasteiger partial charge is 0.270 e. The van der Waals surface area contributed by atoms with Crippen LogP contribution in [-0.2, 0) is 29.4 Å². The predicted octanol–water partition coefficient (Wildman–Crippen LogP) is 2.36. The third kappa shape index (κ3) is 3.64. The number of aryl methyl sites for hydroxylation is 5. The van der Waals surface area contributed by atoms with Gasteiger partial charge in [0.25, 0.3) is 0 Å². The molecule has 1 aliphatic rings. The van der Waals surface area contributed by atoms with Gasteiger partial charge in [0, 0.05) is 18.8 Å². The van der Waals surface area contributed by atoms with Crippen molar-refractivity contribution in [1.29, 1.82) is 0 Å². The maximum absolute atomic E-state index is 12.4. The Morgan fingerprint density at radius 3 is 2.70 bits per heavy atom. The summed E-state index contributed by atoms with van der Waals surface area (Å²) in [4.78, 5) is 0.379. The third-order valence-electron chi connectivity index (χ3n) is 4.32. The van der Waals surface area contributed by atoms with Crippen molar-refractivity contribution in [2.75, 3.05) is 6.54 Å². The van der Waals surface area contributed by atoms with Gasteiger partial charge >= 0.3 is 0 Å². The highest BCUT2D eigenvalue weighted by Gasteiger charge is 2.17. The normalized spacial score (nSPS) is 14.2. The van der Waals surface area contributed by atoms with Gasteiger partial charge < -0.3 is 0 Å². The van der Waals surface area contributed by atoms with E-state index < -0.39 is 10.0 Å². The second-order valence-corrected chi connectivity index (χ2v) is 7.95. The first kappa shape index (κ1) is 16.2. The van der Waals surface area contributed by atoms with E-state index in [0.29, 0.717) is 24.4 Å². The molecule has 5 nitrogen and oxygen atoms in total. The van der Waals surface area contributed by atoms with Gasteiger partial charge in [0.05, 0.1) is 10.6 Å². The van der Waals surface area contributed by atoms with Crippen molar-refractivity contribution in [3.63, 3.8) is 0 Å². The summed E-state index contributed by atoms with van der Waals surface area (Å²) in [7, 11) is -3.42. The fourth-order valence-corrected chi connectivity index (χ4v) is 4.26. The van der Waals surface area contributed by atoms with Gasteiger partial charge in [0.2, 0.25) is 10.0 Å². The van der Waals surface area contributed by atoms with Crippen LogP contribution in [0.2, 0.25) is 0 Å². The zero-order valence-corrected chi connectivity index (χ0v) is 14.5. The Bertz CT molecular complexity index is 809. The minimum atomic E-state index is -3.42. The predicted molar refractivity (Wildman–Crippen MR) is 90.0 cm³/mol. The van der Waals surface area contributed by atoms with Crippen LogP contribution >= 0.6 is 0 Å². The Morgan fingerprint density at radius 2 is 1.96 bits per heavy atom. The molecular formula is C17H23N3O2S. The van der Waals surface area contributed by atoms with Gasteiger partial charge in [-0.1, -0.05) is 6.07 Å². The van der Waals surface area contributed by atoms with Crippen LogP contribution in [0.3, 0.4) is 0 Å². The Labute approximate surface area is 137 Å². The van der Waals surface area contributed by atoms with E-state index >= 15 is 0 Å². The van der Waals surface area contributed by atoms with Crippen LogP contribution in [0.5, 0.6) is 0 Å². The molecule has 1 N–H and O–H groups in total. The van der Waals surface area contributed by atoms with Crippen molar-refractivity contribution >= 4 is 10.0 Å². The second-order valence-electron chi connectivity index (χ2n) is 6.19. The zero-order valence-electron chi connectivity index (χ0n) is 13.7. The highest BCUT2D eigenvalue weighted by molar-refractivity contribution is 7.89. The van der Waals surface area contributed by atoms with Gasteiger partial charge in [-0.15, -0.1) is 0 Å². The third-order valence-corrected chi connectivity index (χ3v) is 5.78. The summed E-state index contributed by atoms with van der Waals surface area (Å²) >= 11 is 0. The number of nitrogens with zero attached hydrogens (tertiary/aromatic N) is 2. The molecule has 0 saturated heterocycles. The standard InChI is InChI=1S/C17H23N3O2S/c1-13-11-14(2)20(19-13)10-4-9-18-23(21,22)17-8-7-15-5-3-6-16(15)12-17/h7-8,11-12,18H,3-6,9-10H2,1-2H3. The fraction of sp³-hybridized carbons (Fsp3) is 0.471. The quantitative estimate of drug-likeness (QED) is 0.826. The summed E-state index contributed by atoms with van der Waals surface area (Å²) in [5.74, 6) is 0. The first-order valence-corrected chi connectivity index (χ1v) is 9.56. The topological polar surface area (TPSA) is 64.0 Å². The fourth-order valence-electron chi connectivity index (χ4n) is 3.14. The van der Waals surface area contributed by atoms with Crippen molar-refractivity contribution in [3.8, 4) is 0 Å². The molecular weight excluding hydrogens is 310 g/mol. The Balaban J connectivity index is 1.58. The number of rotatable bonds is 6. The number of aromatic nitrogens is 2.